The molecule has 5 rings (SSSR count). The highest BCUT2D eigenvalue weighted by atomic mass is 16.2. The molecule has 9 nitrogen and oxygen atoms in total. The van der Waals surface area contributed by atoms with Crippen LogP contribution in [0.15, 0.2) is 40.1 Å². The largest absolute Gasteiger partial charge is 0.370 e. The minimum absolute atomic E-state index is 0.411. The number of benzene rings is 1. The fraction of sp³-hybridized carbons (Fsp3) is 0.500. The number of nitrogens with zero attached hydrogens (tertiary/aromatic N) is 5. The topological polar surface area (TPSA) is 91.2 Å². The van der Waals surface area contributed by atoms with Crippen molar-refractivity contribution in [3.05, 3.63) is 51.3 Å². The van der Waals surface area contributed by atoms with Crippen molar-refractivity contribution >= 4 is 16.6 Å². The second-order valence-electron chi connectivity index (χ2n) is 8.58. The first kappa shape index (κ1) is 20.0. The number of rotatable bonds is 4. The summed E-state index contributed by atoms with van der Waals surface area (Å²) in [7, 11) is 1.91. The Hall–Kier alpha value is -2.91. The molecule has 0 spiro atoms. The van der Waals surface area contributed by atoms with Gasteiger partial charge in [0.1, 0.15) is 0 Å². The monoisotopic (exact) mass is 423 g/mol. The van der Waals surface area contributed by atoms with Gasteiger partial charge in [0, 0.05) is 70.5 Å². The van der Waals surface area contributed by atoms with Gasteiger partial charge in [0.25, 0.3) is 5.56 Å². The van der Waals surface area contributed by atoms with Crippen molar-refractivity contribution in [1.29, 1.82) is 0 Å². The van der Waals surface area contributed by atoms with Crippen LogP contribution in [0.25, 0.3) is 16.7 Å². The van der Waals surface area contributed by atoms with Crippen LogP contribution in [0.2, 0.25) is 0 Å². The van der Waals surface area contributed by atoms with Crippen LogP contribution in [0, 0.1) is 5.92 Å². The maximum Gasteiger partial charge on any atom is 0.334 e. The molecule has 9 heteroatoms. The van der Waals surface area contributed by atoms with Crippen molar-refractivity contribution in [3.63, 3.8) is 0 Å². The Morgan fingerprint density at radius 2 is 1.84 bits per heavy atom. The Labute approximate surface area is 180 Å². The lowest BCUT2D eigenvalue weighted by molar-refractivity contribution is 0.190. The van der Waals surface area contributed by atoms with E-state index in [9.17, 15) is 9.59 Å². The molecule has 2 aliphatic heterocycles. The summed E-state index contributed by atoms with van der Waals surface area (Å²) in [4.78, 5) is 31.1. The molecule has 164 valence electrons. The Morgan fingerprint density at radius 3 is 2.58 bits per heavy atom. The Balaban J connectivity index is 1.39. The number of aromatic amines is 1. The molecule has 2 fully saturated rings. The van der Waals surface area contributed by atoms with Gasteiger partial charge in [0.2, 0.25) is 0 Å². The number of hydrogen-bond donors (Lipinski definition) is 2. The van der Waals surface area contributed by atoms with E-state index in [2.05, 4.69) is 31.3 Å². The van der Waals surface area contributed by atoms with Gasteiger partial charge in [0.15, 0.2) is 5.82 Å². The zero-order valence-corrected chi connectivity index (χ0v) is 17.9. The van der Waals surface area contributed by atoms with Gasteiger partial charge in [-0.05, 0) is 30.9 Å². The minimum Gasteiger partial charge on any atom is -0.370 e. The number of hydrogen-bond acceptors (Lipinski definition) is 6. The first-order valence-corrected chi connectivity index (χ1v) is 11.1. The van der Waals surface area contributed by atoms with Gasteiger partial charge in [-0.15, -0.1) is 0 Å². The molecule has 0 aliphatic carbocycles. The highest BCUT2D eigenvalue weighted by molar-refractivity contribution is 5.96. The molecule has 1 aromatic carbocycles. The van der Waals surface area contributed by atoms with E-state index in [-0.39, 0.29) is 0 Å². The summed E-state index contributed by atoms with van der Waals surface area (Å²) in [5, 5.41) is 8.94. The summed E-state index contributed by atoms with van der Waals surface area (Å²) in [6.07, 6.45) is 3.85. The van der Waals surface area contributed by atoms with E-state index in [1.165, 1.54) is 36.2 Å². The number of anilines is 1. The third-order valence-electron chi connectivity index (χ3n) is 6.56. The fourth-order valence-electron chi connectivity index (χ4n) is 4.93. The number of nitrogens with one attached hydrogen (secondary N) is 2. The normalized spacial score (nSPS) is 18.7. The number of fused-ring (bicyclic) bond motifs is 1. The van der Waals surface area contributed by atoms with E-state index in [0.29, 0.717) is 5.82 Å². The van der Waals surface area contributed by atoms with Gasteiger partial charge < -0.3 is 15.1 Å². The van der Waals surface area contributed by atoms with Crippen LogP contribution in [0.4, 0.5) is 5.69 Å². The number of aromatic nitrogens is 4. The van der Waals surface area contributed by atoms with Crippen molar-refractivity contribution in [2.24, 2.45) is 13.0 Å². The summed E-state index contributed by atoms with van der Waals surface area (Å²) < 4.78 is 3.23. The molecular weight excluding hydrogens is 394 g/mol. The number of piperazine rings is 1. The maximum atomic E-state index is 12.3. The van der Waals surface area contributed by atoms with Gasteiger partial charge in [-0.1, -0.05) is 6.07 Å². The zero-order chi connectivity index (χ0) is 21.4. The first-order chi connectivity index (χ1) is 15.1. The SMILES string of the molecule is Cn1nc(-n2ccc(=O)[nH]c2=O)c2cccc(N3CCC(CN4CCNCC4)CC3)c21. The van der Waals surface area contributed by atoms with Crippen molar-refractivity contribution in [2.75, 3.05) is 50.7 Å². The average molecular weight is 424 g/mol. The third kappa shape index (κ3) is 3.90. The van der Waals surface area contributed by atoms with Gasteiger partial charge in [-0.25, -0.2) is 4.79 Å². The van der Waals surface area contributed by atoms with Gasteiger partial charge >= 0.3 is 5.69 Å². The van der Waals surface area contributed by atoms with Crippen LogP contribution < -0.4 is 21.5 Å². The summed E-state index contributed by atoms with van der Waals surface area (Å²) in [6, 6.07) is 7.48. The molecule has 2 aromatic heterocycles. The van der Waals surface area contributed by atoms with Crippen LogP contribution in [-0.2, 0) is 7.05 Å². The van der Waals surface area contributed by atoms with E-state index in [0.717, 1.165) is 61.8 Å². The molecule has 2 aliphatic rings. The van der Waals surface area contributed by atoms with Crippen LogP contribution in [0.3, 0.4) is 0 Å². The van der Waals surface area contributed by atoms with E-state index in [1.54, 1.807) is 0 Å². The minimum atomic E-state index is -0.480. The smallest absolute Gasteiger partial charge is 0.334 e. The molecule has 4 heterocycles. The predicted molar refractivity (Wildman–Crippen MR) is 121 cm³/mol. The average Bonchev–Trinajstić information content (AvgIpc) is 3.12. The van der Waals surface area contributed by atoms with Crippen LogP contribution in [-0.4, -0.2) is 70.0 Å². The van der Waals surface area contributed by atoms with E-state index in [4.69, 9.17) is 0 Å². The summed E-state index contributed by atoms with van der Waals surface area (Å²) in [6.45, 7) is 7.75. The quantitative estimate of drug-likeness (QED) is 0.636. The molecular formula is C22H29N7O2. The summed E-state index contributed by atoms with van der Waals surface area (Å²) >= 11 is 0. The Kier molecular flexibility index (Phi) is 5.37. The predicted octanol–water partition coefficient (Wildman–Crippen LogP) is 0.534. The third-order valence-corrected chi connectivity index (χ3v) is 6.56. The molecule has 2 N–H and O–H groups in total. The molecule has 2 saturated heterocycles. The molecule has 0 saturated carbocycles. The van der Waals surface area contributed by atoms with E-state index < -0.39 is 11.2 Å². The summed E-state index contributed by atoms with van der Waals surface area (Å²) in [5.41, 5.74) is 1.27. The van der Waals surface area contributed by atoms with Crippen LogP contribution >= 0.6 is 0 Å². The molecule has 0 unspecified atom stereocenters. The molecule has 0 atom stereocenters. The lowest BCUT2D eigenvalue weighted by Gasteiger charge is -2.37. The number of para-hydroxylation sites is 1. The van der Waals surface area contributed by atoms with Gasteiger partial charge in [0.05, 0.1) is 11.2 Å². The summed E-state index contributed by atoms with van der Waals surface area (Å²) in [5.74, 6) is 1.28. The van der Waals surface area contributed by atoms with Gasteiger partial charge in [-0.2, -0.15) is 5.10 Å². The lowest BCUT2D eigenvalue weighted by atomic mass is 9.95. The van der Waals surface area contributed by atoms with Crippen molar-refractivity contribution in [1.82, 2.24) is 29.5 Å². The van der Waals surface area contributed by atoms with Crippen LogP contribution in [0.1, 0.15) is 12.8 Å². The Morgan fingerprint density at radius 1 is 1.06 bits per heavy atom. The maximum absolute atomic E-state index is 12.3. The first-order valence-electron chi connectivity index (χ1n) is 11.1. The Bertz CT molecular complexity index is 1180. The molecule has 0 radical (unpaired) electrons. The second-order valence-corrected chi connectivity index (χ2v) is 8.58. The molecule has 0 bridgehead atoms. The fourth-order valence-corrected chi connectivity index (χ4v) is 4.93. The van der Waals surface area contributed by atoms with E-state index in [1.807, 2.05) is 23.9 Å². The van der Waals surface area contributed by atoms with Gasteiger partial charge in [-0.3, -0.25) is 19.0 Å². The molecule has 31 heavy (non-hydrogen) atoms. The van der Waals surface area contributed by atoms with E-state index >= 15 is 0 Å². The van der Waals surface area contributed by atoms with Crippen molar-refractivity contribution < 1.29 is 0 Å². The molecule has 0 amide bonds. The number of H-pyrrole nitrogens is 1. The van der Waals surface area contributed by atoms with Crippen molar-refractivity contribution in [3.8, 4) is 5.82 Å². The zero-order valence-electron chi connectivity index (χ0n) is 17.9. The van der Waals surface area contributed by atoms with Crippen molar-refractivity contribution in [2.45, 2.75) is 12.8 Å². The lowest BCUT2D eigenvalue weighted by Crippen LogP contribution is -2.47. The standard InChI is InChI=1S/C22H29N7O2/c1-26-20-17(21(25-26)29-12-7-19(30)24-22(29)31)3-2-4-18(20)28-10-5-16(6-11-28)15-27-13-8-23-9-14-27/h2-4,7,12,16,23H,5-6,8-11,13-15H2,1H3,(H,24,30,31). The number of piperidine rings is 1. The molecule has 3 aromatic rings. The van der Waals surface area contributed by atoms with Crippen LogP contribution in [0.5, 0.6) is 0 Å². The second kappa shape index (κ2) is 8.32. The number of aryl methyl sites for hydroxylation is 1. The highest BCUT2D eigenvalue weighted by Crippen LogP contribution is 2.32. The highest BCUT2D eigenvalue weighted by Gasteiger charge is 2.25.